The van der Waals surface area contributed by atoms with Crippen molar-refractivity contribution in [2.75, 3.05) is 33.3 Å². The second-order valence-corrected chi connectivity index (χ2v) is 5.22. The Bertz CT molecular complexity index is 446. The molecule has 0 saturated carbocycles. The van der Waals surface area contributed by atoms with Crippen LogP contribution in [0.2, 0.25) is 0 Å². The number of para-hydroxylation sites is 1. The second kappa shape index (κ2) is 8.90. The summed E-state index contributed by atoms with van der Waals surface area (Å²) in [6.07, 6.45) is 2.15. The summed E-state index contributed by atoms with van der Waals surface area (Å²) in [6.45, 7) is 5.23. The number of benzene rings is 1. The van der Waals surface area contributed by atoms with Crippen molar-refractivity contribution in [3.05, 3.63) is 29.8 Å². The number of carbonyl (C=O) groups is 1. The van der Waals surface area contributed by atoms with Crippen molar-refractivity contribution in [3.63, 3.8) is 0 Å². The van der Waals surface area contributed by atoms with Crippen molar-refractivity contribution in [2.24, 2.45) is 5.92 Å². The van der Waals surface area contributed by atoms with Gasteiger partial charge in [0.25, 0.3) is 5.91 Å². The number of ether oxygens (including phenoxy) is 1. The zero-order valence-electron chi connectivity index (χ0n) is 12.8. The fourth-order valence-electron chi connectivity index (χ4n) is 2.72. The summed E-state index contributed by atoms with van der Waals surface area (Å²) < 4.78 is 5.55. The van der Waals surface area contributed by atoms with Crippen molar-refractivity contribution in [1.82, 2.24) is 10.2 Å². The largest absolute Gasteiger partial charge is 0.493 e. The van der Waals surface area contributed by atoms with E-state index >= 15 is 0 Å². The smallest absolute Gasteiger partial charge is 0.257 e. The number of nitrogens with one attached hydrogen (secondary N) is 1. The summed E-state index contributed by atoms with van der Waals surface area (Å²) in [5, 5.41) is 3.22. The lowest BCUT2D eigenvalue weighted by atomic mass is 9.96. The van der Waals surface area contributed by atoms with Gasteiger partial charge in [-0.15, -0.1) is 12.4 Å². The predicted molar refractivity (Wildman–Crippen MR) is 87.4 cm³/mol. The molecule has 0 bridgehead atoms. The third kappa shape index (κ3) is 4.61. The lowest BCUT2D eigenvalue weighted by Crippen LogP contribution is -2.40. The topological polar surface area (TPSA) is 41.6 Å². The molecule has 0 atom stereocenters. The van der Waals surface area contributed by atoms with Crippen LogP contribution in [0.1, 0.15) is 30.1 Å². The van der Waals surface area contributed by atoms with Gasteiger partial charge >= 0.3 is 0 Å². The Morgan fingerprint density at radius 1 is 1.33 bits per heavy atom. The molecular weight excluding hydrogens is 288 g/mol. The van der Waals surface area contributed by atoms with E-state index in [0.29, 0.717) is 23.8 Å². The van der Waals surface area contributed by atoms with E-state index in [4.69, 9.17) is 4.74 Å². The molecule has 0 radical (unpaired) electrons. The lowest BCUT2D eigenvalue weighted by Gasteiger charge is -2.32. The van der Waals surface area contributed by atoms with Crippen LogP contribution in [-0.4, -0.2) is 44.1 Å². The quantitative estimate of drug-likeness (QED) is 0.908. The highest BCUT2D eigenvalue weighted by Gasteiger charge is 2.24. The molecule has 5 heteroatoms. The maximum atomic E-state index is 12.6. The minimum atomic E-state index is 0. The first-order valence-corrected chi connectivity index (χ1v) is 7.42. The average molecular weight is 313 g/mol. The van der Waals surface area contributed by atoms with Crippen molar-refractivity contribution < 1.29 is 9.53 Å². The van der Waals surface area contributed by atoms with Crippen LogP contribution >= 0.6 is 12.4 Å². The SMILES string of the molecule is CCOc1ccccc1C(=O)N1CCC(CNC)CC1.Cl. The Morgan fingerprint density at radius 3 is 2.62 bits per heavy atom. The van der Waals surface area contributed by atoms with E-state index in [9.17, 15) is 4.79 Å². The van der Waals surface area contributed by atoms with Crippen LogP contribution in [-0.2, 0) is 0 Å². The molecule has 1 amide bonds. The van der Waals surface area contributed by atoms with Gasteiger partial charge in [0.1, 0.15) is 5.75 Å². The number of halogens is 1. The monoisotopic (exact) mass is 312 g/mol. The fourth-order valence-corrected chi connectivity index (χ4v) is 2.72. The van der Waals surface area contributed by atoms with Gasteiger partial charge in [0.15, 0.2) is 0 Å². The molecular formula is C16H25ClN2O2. The maximum Gasteiger partial charge on any atom is 0.257 e. The number of amides is 1. The molecule has 2 rings (SSSR count). The third-order valence-corrected chi connectivity index (χ3v) is 3.81. The predicted octanol–water partition coefficient (Wildman–Crippen LogP) is 2.58. The number of hydrogen-bond donors (Lipinski definition) is 1. The Balaban J connectivity index is 0.00000220. The molecule has 1 aromatic rings. The first-order valence-electron chi connectivity index (χ1n) is 7.42. The molecule has 1 aromatic carbocycles. The van der Waals surface area contributed by atoms with E-state index in [2.05, 4.69) is 5.32 Å². The first kappa shape index (κ1) is 17.8. The highest BCUT2D eigenvalue weighted by Crippen LogP contribution is 2.23. The van der Waals surface area contributed by atoms with Gasteiger partial charge in [0, 0.05) is 13.1 Å². The minimum Gasteiger partial charge on any atom is -0.493 e. The van der Waals surface area contributed by atoms with Gasteiger partial charge in [0.05, 0.1) is 12.2 Å². The summed E-state index contributed by atoms with van der Waals surface area (Å²) in [7, 11) is 1.98. The van der Waals surface area contributed by atoms with Crippen LogP contribution in [0.5, 0.6) is 5.75 Å². The molecule has 0 spiro atoms. The number of piperidine rings is 1. The van der Waals surface area contributed by atoms with Crippen molar-refractivity contribution in [2.45, 2.75) is 19.8 Å². The van der Waals surface area contributed by atoms with Gasteiger partial charge < -0.3 is 15.0 Å². The summed E-state index contributed by atoms with van der Waals surface area (Å²) in [5.74, 6) is 1.47. The van der Waals surface area contributed by atoms with Gasteiger partial charge in [-0.25, -0.2) is 0 Å². The summed E-state index contributed by atoms with van der Waals surface area (Å²) in [4.78, 5) is 14.5. The first-order chi connectivity index (χ1) is 9.76. The molecule has 1 aliphatic rings. The number of carbonyl (C=O) groups excluding carboxylic acids is 1. The van der Waals surface area contributed by atoms with E-state index in [0.717, 1.165) is 32.5 Å². The van der Waals surface area contributed by atoms with Gasteiger partial charge in [-0.2, -0.15) is 0 Å². The van der Waals surface area contributed by atoms with E-state index in [1.165, 1.54) is 0 Å². The zero-order valence-corrected chi connectivity index (χ0v) is 13.6. The standard InChI is InChI=1S/C16H24N2O2.ClH/c1-3-20-15-7-5-4-6-14(15)16(19)18-10-8-13(9-11-18)12-17-2;/h4-7,13,17H,3,8-12H2,1-2H3;1H. The third-order valence-electron chi connectivity index (χ3n) is 3.81. The minimum absolute atomic E-state index is 0. The van der Waals surface area contributed by atoms with E-state index in [1.807, 2.05) is 43.1 Å². The molecule has 0 aromatic heterocycles. The Kier molecular flexibility index (Phi) is 7.54. The van der Waals surface area contributed by atoms with Gasteiger partial charge in [-0.1, -0.05) is 12.1 Å². The van der Waals surface area contributed by atoms with Gasteiger partial charge in [-0.3, -0.25) is 4.79 Å². The Hall–Kier alpha value is -1.26. The van der Waals surface area contributed by atoms with Crippen LogP contribution in [0, 0.1) is 5.92 Å². The van der Waals surface area contributed by atoms with Crippen LogP contribution in [0.3, 0.4) is 0 Å². The molecule has 0 unspecified atom stereocenters. The van der Waals surface area contributed by atoms with Crippen LogP contribution < -0.4 is 10.1 Å². The van der Waals surface area contributed by atoms with Crippen LogP contribution in [0.15, 0.2) is 24.3 Å². The molecule has 4 nitrogen and oxygen atoms in total. The maximum absolute atomic E-state index is 12.6. The number of likely N-dealkylation sites (tertiary alicyclic amines) is 1. The van der Waals surface area contributed by atoms with Crippen LogP contribution in [0.4, 0.5) is 0 Å². The highest BCUT2D eigenvalue weighted by molar-refractivity contribution is 5.97. The molecule has 118 valence electrons. The summed E-state index contributed by atoms with van der Waals surface area (Å²) in [5.41, 5.74) is 0.682. The van der Waals surface area contributed by atoms with Crippen molar-refractivity contribution in [1.29, 1.82) is 0 Å². The summed E-state index contributed by atoms with van der Waals surface area (Å²) in [6, 6.07) is 7.52. The molecule has 1 fully saturated rings. The number of nitrogens with zero attached hydrogens (tertiary/aromatic N) is 1. The van der Waals surface area contributed by atoms with Crippen molar-refractivity contribution in [3.8, 4) is 5.75 Å². The molecule has 1 N–H and O–H groups in total. The van der Waals surface area contributed by atoms with Gasteiger partial charge in [0.2, 0.25) is 0 Å². The molecule has 1 heterocycles. The number of hydrogen-bond acceptors (Lipinski definition) is 3. The highest BCUT2D eigenvalue weighted by atomic mass is 35.5. The normalized spacial score (nSPS) is 15.4. The average Bonchev–Trinajstić information content (AvgIpc) is 2.49. The van der Waals surface area contributed by atoms with Crippen molar-refractivity contribution >= 4 is 18.3 Å². The van der Waals surface area contributed by atoms with E-state index in [-0.39, 0.29) is 18.3 Å². The van der Waals surface area contributed by atoms with E-state index < -0.39 is 0 Å². The molecule has 1 saturated heterocycles. The number of rotatable bonds is 5. The summed E-state index contributed by atoms with van der Waals surface area (Å²) >= 11 is 0. The molecule has 0 aliphatic carbocycles. The second-order valence-electron chi connectivity index (χ2n) is 5.22. The van der Waals surface area contributed by atoms with E-state index in [1.54, 1.807) is 0 Å². The Labute approximate surface area is 133 Å². The fraction of sp³-hybridized carbons (Fsp3) is 0.562. The molecule has 1 aliphatic heterocycles. The van der Waals surface area contributed by atoms with Gasteiger partial charge in [-0.05, 0) is 51.4 Å². The zero-order chi connectivity index (χ0) is 14.4. The van der Waals surface area contributed by atoms with Crippen LogP contribution in [0.25, 0.3) is 0 Å². The molecule has 21 heavy (non-hydrogen) atoms. The Morgan fingerprint density at radius 2 is 2.00 bits per heavy atom. The lowest BCUT2D eigenvalue weighted by molar-refractivity contribution is 0.0687.